The molecule has 0 N–H and O–H groups in total. The molecular weight excluding hydrogens is 214 g/mol. The van der Waals surface area contributed by atoms with Crippen LogP contribution in [0.25, 0.3) is 0 Å². The summed E-state index contributed by atoms with van der Waals surface area (Å²) in [7, 11) is 0. The van der Waals surface area contributed by atoms with E-state index in [0.29, 0.717) is 12.2 Å². The van der Waals surface area contributed by atoms with Gasteiger partial charge >= 0.3 is 0 Å². The van der Waals surface area contributed by atoms with Crippen molar-refractivity contribution in [2.75, 3.05) is 24.7 Å². The molecule has 4 aliphatic rings. The number of rotatable bonds is 4. The summed E-state index contributed by atoms with van der Waals surface area (Å²) in [5.74, 6) is 0. The van der Waals surface area contributed by atoms with Crippen molar-refractivity contribution in [3.63, 3.8) is 0 Å². The fourth-order valence-corrected chi connectivity index (χ4v) is 2.98. The van der Waals surface area contributed by atoms with E-state index in [1.807, 2.05) is 0 Å². The summed E-state index contributed by atoms with van der Waals surface area (Å²) >= 11 is 0. The zero-order chi connectivity index (χ0) is 11.5. The smallest absolute Gasteiger partial charge is 0.0984 e. The molecule has 2 bridgehead atoms. The van der Waals surface area contributed by atoms with E-state index in [-0.39, 0.29) is 5.54 Å². The average Bonchev–Trinajstić information content (AvgIpc) is 3.20. The van der Waals surface area contributed by atoms with Gasteiger partial charge in [-0.2, -0.15) is 0 Å². The van der Waals surface area contributed by atoms with Gasteiger partial charge in [-0.25, -0.2) is 0 Å². The van der Waals surface area contributed by atoms with Crippen LogP contribution in [0.2, 0.25) is 0 Å². The maximum absolute atomic E-state index is 5.42. The Hall–Kier alpha value is -1.06. The van der Waals surface area contributed by atoms with Gasteiger partial charge in [-0.1, -0.05) is 12.1 Å². The summed E-state index contributed by atoms with van der Waals surface area (Å²) in [6.45, 7) is 5.19. The number of hydrogen-bond donors (Lipinski definition) is 0. The number of nitrogens with zero attached hydrogens (tertiary/aromatic N) is 1. The van der Waals surface area contributed by atoms with E-state index in [1.165, 1.54) is 11.3 Å². The second-order valence-corrected chi connectivity index (χ2v) is 5.55. The van der Waals surface area contributed by atoms with Crippen molar-refractivity contribution in [1.29, 1.82) is 0 Å². The summed E-state index contributed by atoms with van der Waals surface area (Å²) in [5, 5.41) is 0. The Balaban J connectivity index is 1.68. The predicted octanol–water partition coefficient (Wildman–Crippen LogP) is 1.91. The first kappa shape index (κ1) is 9.92. The minimum absolute atomic E-state index is 0.103. The molecule has 0 aliphatic carbocycles. The molecule has 0 spiro atoms. The van der Waals surface area contributed by atoms with E-state index in [0.717, 1.165) is 26.2 Å². The van der Waals surface area contributed by atoms with Gasteiger partial charge < -0.3 is 14.4 Å². The van der Waals surface area contributed by atoms with Gasteiger partial charge in [0.1, 0.15) is 0 Å². The molecule has 0 aromatic heterocycles. The van der Waals surface area contributed by atoms with Crippen LogP contribution in [0.5, 0.6) is 0 Å². The van der Waals surface area contributed by atoms with Crippen LogP contribution in [0.1, 0.15) is 18.9 Å². The first-order valence-electron chi connectivity index (χ1n) is 6.37. The fraction of sp³-hybridized carbons (Fsp3) is 0.571. The van der Waals surface area contributed by atoms with Crippen molar-refractivity contribution in [2.24, 2.45) is 0 Å². The number of anilines is 1. The number of ether oxygens (including phenoxy) is 2. The molecule has 4 aliphatic heterocycles. The summed E-state index contributed by atoms with van der Waals surface area (Å²) in [4.78, 5) is 2.50. The highest BCUT2D eigenvalue weighted by Gasteiger charge is 2.44. The molecular formula is C14H17NO2. The van der Waals surface area contributed by atoms with E-state index < -0.39 is 0 Å². The lowest BCUT2D eigenvalue weighted by Crippen LogP contribution is -2.49. The zero-order valence-corrected chi connectivity index (χ0v) is 10.1. The molecule has 3 unspecified atom stereocenters. The van der Waals surface area contributed by atoms with Crippen LogP contribution in [-0.4, -0.2) is 32.0 Å². The molecule has 1 aromatic rings. The highest BCUT2D eigenvalue weighted by molar-refractivity contribution is 5.58. The van der Waals surface area contributed by atoms with Gasteiger partial charge in [0.05, 0.1) is 31.0 Å². The molecule has 2 saturated heterocycles. The largest absolute Gasteiger partial charge is 0.373 e. The van der Waals surface area contributed by atoms with E-state index in [2.05, 4.69) is 36.1 Å². The van der Waals surface area contributed by atoms with E-state index >= 15 is 0 Å². The molecule has 5 rings (SSSR count). The Morgan fingerprint density at radius 1 is 1.18 bits per heavy atom. The van der Waals surface area contributed by atoms with Crippen molar-refractivity contribution in [3.8, 4) is 0 Å². The van der Waals surface area contributed by atoms with E-state index in [4.69, 9.17) is 9.47 Å². The summed E-state index contributed by atoms with van der Waals surface area (Å²) in [6.07, 6.45) is 1.98. The van der Waals surface area contributed by atoms with Gasteiger partial charge in [-0.05, 0) is 24.6 Å². The maximum atomic E-state index is 5.42. The Bertz CT molecular complexity index is 436. The molecule has 3 nitrogen and oxygen atoms in total. The van der Waals surface area contributed by atoms with Gasteiger partial charge in [0.15, 0.2) is 0 Å². The normalized spacial score (nSPS) is 37.4. The molecule has 3 heteroatoms. The van der Waals surface area contributed by atoms with Crippen LogP contribution in [-0.2, 0) is 15.0 Å². The van der Waals surface area contributed by atoms with Gasteiger partial charge in [-0.3, -0.25) is 0 Å². The quantitative estimate of drug-likeness (QED) is 0.741. The van der Waals surface area contributed by atoms with Crippen molar-refractivity contribution < 1.29 is 9.47 Å². The van der Waals surface area contributed by atoms with Crippen LogP contribution in [0, 0.1) is 0 Å². The number of hydrogen-bond acceptors (Lipinski definition) is 3. The SMILES string of the molecule is CC1(CC2CO2)c2ccc(cc2)N1CC1CO1. The number of fused-ring (bicyclic) bond motifs is 3. The lowest BCUT2D eigenvalue weighted by molar-refractivity contribution is 0.306. The Labute approximate surface area is 101 Å². The second kappa shape index (κ2) is 3.24. The molecule has 0 saturated carbocycles. The monoisotopic (exact) mass is 231 g/mol. The van der Waals surface area contributed by atoms with E-state index in [9.17, 15) is 0 Å². The lowest BCUT2D eigenvalue weighted by atomic mass is 9.81. The first-order valence-corrected chi connectivity index (χ1v) is 6.37. The molecule has 90 valence electrons. The summed E-state index contributed by atoms with van der Waals surface area (Å²) in [5.41, 5.74) is 2.83. The standard InChI is InChI=1S/C14H17NO2/c1-14(6-12-8-16-12)10-2-4-11(5-3-10)15(14)7-13-9-17-13/h2-5,12-13H,6-9H2,1H3. The topological polar surface area (TPSA) is 28.3 Å². The minimum Gasteiger partial charge on any atom is -0.373 e. The van der Waals surface area contributed by atoms with Crippen LogP contribution >= 0.6 is 0 Å². The Morgan fingerprint density at radius 2 is 1.82 bits per heavy atom. The molecule has 0 radical (unpaired) electrons. The van der Waals surface area contributed by atoms with Crippen molar-refractivity contribution in [2.45, 2.75) is 31.1 Å². The van der Waals surface area contributed by atoms with Crippen molar-refractivity contribution in [3.05, 3.63) is 29.8 Å². The third kappa shape index (κ3) is 1.57. The molecule has 0 amide bonds. The van der Waals surface area contributed by atoms with Crippen molar-refractivity contribution >= 4 is 5.69 Å². The minimum atomic E-state index is 0.103. The van der Waals surface area contributed by atoms with Gasteiger partial charge in [0.25, 0.3) is 0 Å². The summed E-state index contributed by atoms with van der Waals surface area (Å²) in [6, 6.07) is 8.93. The summed E-state index contributed by atoms with van der Waals surface area (Å²) < 4.78 is 10.8. The Morgan fingerprint density at radius 3 is 2.41 bits per heavy atom. The number of benzene rings is 1. The van der Waals surface area contributed by atoms with Gasteiger partial charge in [0.2, 0.25) is 0 Å². The van der Waals surface area contributed by atoms with Crippen LogP contribution < -0.4 is 4.90 Å². The molecule has 4 heterocycles. The van der Waals surface area contributed by atoms with Crippen LogP contribution in [0.15, 0.2) is 24.3 Å². The highest BCUT2D eigenvalue weighted by atomic mass is 16.6. The highest BCUT2D eigenvalue weighted by Crippen LogP contribution is 2.44. The van der Waals surface area contributed by atoms with Crippen LogP contribution in [0.4, 0.5) is 5.69 Å². The predicted molar refractivity (Wildman–Crippen MR) is 65.2 cm³/mol. The molecule has 1 aromatic carbocycles. The zero-order valence-electron chi connectivity index (χ0n) is 10.1. The average molecular weight is 231 g/mol. The number of epoxide rings is 2. The molecule has 3 atom stereocenters. The molecule has 2 fully saturated rings. The van der Waals surface area contributed by atoms with E-state index in [1.54, 1.807) is 0 Å². The third-order valence-corrected chi connectivity index (χ3v) is 4.21. The second-order valence-electron chi connectivity index (χ2n) is 5.55. The van der Waals surface area contributed by atoms with Crippen LogP contribution in [0.3, 0.4) is 0 Å². The third-order valence-electron chi connectivity index (χ3n) is 4.21. The Kier molecular flexibility index (Phi) is 1.89. The molecule has 17 heavy (non-hydrogen) atoms. The maximum Gasteiger partial charge on any atom is 0.0984 e. The lowest BCUT2D eigenvalue weighted by Gasteiger charge is -2.47. The van der Waals surface area contributed by atoms with Gasteiger partial charge in [0, 0.05) is 18.7 Å². The van der Waals surface area contributed by atoms with Gasteiger partial charge in [-0.15, -0.1) is 0 Å². The first-order chi connectivity index (χ1) is 8.25. The fourth-order valence-electron chi connectivity index (χ4n) is 2.98. The van der Waals surface area contributed by atoms with Crippen molar-refractivity contribution in [1.82, 2.24) is 0 Å².